The summed E-state index contributed by atoms with van der Waals surface area (Å²) in [5.74, 6) is 0.373. The van der Waals surface area contributed by atoms with Crippen LogP contribution in [-0.4, -0.2) is 25.1 Å². The lowest BCUT2D eigenvalue weighted by atomic mass is 10.2. The molecule has 0 unspecified atom stereocenters. The Morgan fingerprint density at radius 1 is 1.47 bits per heavy atom. The van der Waals surface area contributed by atoms with Gasteiger partial charge in [0.2, 0.25) is 12.3 Å². The molecular weight excluding hydrogens is 246 g/mol. The number of hydrogen-bond acceptors (Lipinski definition) is 4. The summed E-state index contributed by atoms with van der Waals surface area (Å²) in [6.45, 7) is 3.58. The van der Waals surface area contributed by atoms with Crippen molar-refractivity contribution in [3.05, 3.63) is 23.8 Å². The molecule has 6 nitrogen and oxygen atoms in total. The van der Waals surface area contributed by atoms with Crippen molar-refractivity contribution in [3.63, 3.8) is 0 Å². The number of hydrogen-bond donors (Lipinski definition) is 2. The second kappa shape index (κ2) is 7.15. The Kier molecular flexibility index (Phi) is 5.53. The number of nitrogens with zero attached hydrogens (tertiary/aromatic N) is 1. The van der Waals surface area contributed by atoms with E-state index in [0.29, 0.717) is 23.6 Å². The molecule has 0 saturated carbocycles. The first-order valence-corrected chi connectivity index (χ1v) is 5.73. The normalized spacial score (nSPS) is 10.8. The number of nitrogens with one attached hydrogen (secondary N) is 2. The maximum absolute atomic E-state index is 11.8. The van der Waals surface area contributed by atoms with Gasteiger partial charge >= 0.3 is 0 Å². The summed E-state index contributed by atoms with van der Waals surface area (Å²) in [6.07, 6.45) is 0.545. The first-order valence-electron chi connectivity index (χ1n) is 5.73. The van der Waals surface area contributed by atoms with Crippen molar-refractivity contribution >= 4 is 23.7 Å². The molecule has 0 fully saturated rings. The van der Waals surface area contributed by atoms with E-state index in [-0.39, 0.29) is 12.3 Å². The third-order valence-corrected chi connectivity index (χ3v) is 2.35. The summed E-state index contributed by atoms with van der Waals surface area (Å²) in [6, 6.07) is 5.52. The number of methoxy groups -OCH3 is 1. The number of benzene rings is 1. The van der Waals surface area contributed by atoms with Gasteiger partial charge in [0, 0.05) is 5.71 Å². The van der Waals surface area contributed by atoms with Crippen LogP contribution in [0.1, 0.15) is 18.9 Å². The average Bonchev–Trinajstić information content (AvgIpc) is 2.36. The first kappa shape index (κ1) is 14.7. The lowest BCUT2D eigenvalue weighted by Crippen LogP contribution is -2.17. The molecule has 19 heavy (non-hydrogen) atoms. The SMILES string of the molecule is COc1ccc(C)cc1NC(=O)CC(C)=NNC=O. The number of anilines is 1. The van der Waals surface area contributed by atoms with Gasteiger partial charge in [-0.25, -0.2) is 5.43 Å². The summed E-state index contributed by atoms with van der Waals surface area (Å²) in [4.78, 5) is 21.9. The molecule has 0 heterocycles. The van der Waals surface area contributed by atoms with Gasteiger partial charge in [0.05, 0.1) is 19.2 Å². The highest BCUT2D eigenvalue weighted by Gasteiger charge is 2.09. The van der Waals surface area contributed by atoms with E-state index in [2.05, 4.69) is 15.8 Å². The molecule has 0 radical (unpaired) electrons. The zero-order chi connectivity index (χ0) is 14.3. The molecule has 0 saturated heterocycles. The maximum Gasteiger partial charge on any atom is 0.230 e. The molecule has 2 amide bonds. The lowest BCUT2D eigenvalue weighted by molar-refractivity contribution is -0.115. The molecule has 0 aliphatic carbocycles. The van der Waals surface area contributed by atoms with Crippen molar-refractivity contribution in [1.29, 1.82) is 0 Å². The molecule has 1 aromatic rings. The van der Waals surface area contributed by atoms with Gasteiger partial charge in [-0.2, -0.15) is 5.10 Å². The van der Waals surface area contributed by atoms with E-state index in [4.69, 9.17) is 4.74 Å². The Bertz CT molecular complexity index is 498. The fraction of sp³-hybridized carbons (Fsp3) is 0.308. The molecule has 0 aliphatic heterocycles. The third-order valence-electron chi connectivity index (χ3n) is 2.35. The van der Waals surface area contributed by atoms with Crippen molar-refractivity contribution in [2.45, 2.75) is 20.3 Å². The number of amides is 2. The quantitative estimate of drug-likeness (QED) is 0.463. The Balaban J connectivity index is 2.71. The number of rotatable bonds is 6. The van der Waals surface area contributed by atoms with Crippen molar-refractivity contribution in [2.24, 2.45) is 5.10 Å². The molecule has 0 atom stereocenters. The second-order valence-corrected chi connectivity index (χ2v) is 4.02. The van der Waals surface area contributed by atoms with Gasteiger partial charge in [-0.3, -0.25) is 9.59 Å². The van der Waals surface area contributed by atoms with Crippen LogP contribution in [0.2, 0.25) is 0 Å². The molecule has 102 valence electrons. The topological polar surface area (TPSA) is 79.8 Å². The molecule has 6 heteroatoms. The highest BCUT2D eigenvalue weighted by molar-refractivity contribution is 6.06. The number of carbonyl (C=O) groups is 2. The van der Waals surface area contributed by atoms with E-state index < -0.39 is 0 Å². The van der Waals surface area contributed by atoms with E-state index in [1.54, 1.807) is 20.1 Å². The van der Waals surface area contributed by atoms with Gasteiger partial charge in [0.1, 0.15) is 5.75 Å². The Hall–Kier alpha value is -2.37. The molecule has 0 bridgehead atoms. The first-order chi connectivity index (χ1) is 9.06. The van der Waals surface area contributed by atoms with Gasteiger partial charge in [0.25, 0.3) is 0 Å². The van der Waals surface area contributed by atoms with Crippen molar-refractivity contribution < 1.29 is 14.3 Å². The Morgan fingerprint density at radius 2 is 2.21 bits per heavy atom. The number of hydrazone groups is 1. The summed E-state index contributed by atoms with van der Waals surface area (Å²) in [5.41, 5.74) is 4.29. The summed E-state index contributed by atoms with van der Waals surface area (Å²) >= 11 is 0. The summed E-state index contributed by atoms with van der Waals surface area (Å²) < 4.78 is 5.17. The molecule has 1 aromatic carbocycles. The third kappa shape index (κ3) is 4.79. The molecular formula is C13H17N3O3. The lowest BCUT2D eigenvalue weighted by Gasteiger charge is -2.10. The molecule has 2 N–H and O–H groups in total. The van der Waals surface area contributed by atoms with E-state index in [0.717, 1.165) is 5.56 Å². The van der Waals surface area contributed by atoms with Crippen LogP contribution in [0.4, 0.5) is 5.69 Å². The van der Waals surface area contributed by atoms with Crippen LogP contribution >= 0.6 is 0 Å². The van der Waals surface area contributed by atoms with Crippen LogP contribution in [0, 0.1) is 6.92 Å². The monoisotopic (exact) mass is 263 g/mol. The minimum absolute atomic E-state index is 0.0952. The number of carbonyl (C=O) groups excluding carboxylic acids is 2. The standard InChI is InChI=1S/C13H17N3O3/c1-9-4-5-12(19-3)11(6-9)15-13(18)7-10(2)16-14-8-17/h4-6,8H,7H2,1-3H3,(H,14,17)(H,15,18). The average molecular weight is 263 g/mol. The van der Waals surface area contributed by atoms with Crippen LogP contribution in [-0.2, 0) is 9.59 Å². The predicted octanol–water partition coefficient (Wildman–Crippen LogP) is 1.45. The van der Waals surface area contributed by atoms with Crippen LogP contribution in [0.5, 0.6) is 5.75 Å². The summed E-state index contributed by atoms with van der Waals surface area (Å²) in [7, 11) is 1.54. The van der Waals surface area contributed by atoms with Gasteiger partial charge in [-0.15, -0.1) is 0 Å². The molecule has 0 aromatic heterocycles. The predicted molar refractivity (Wildman–Crippen MR) is 73.3 cm³/mol. The van der Waals surface area contributed by atoms with Gasteiger partial charge in [-0.05, 0) is 31.5 Å². The summed E-state index contributed by atoms with van der Waals surface area (Å²) in [5, 5.41) is 6.44. The van der Waals surface area contributed by atoms with Crippen molar-refractivity contribution in [2.75, 3.05) is 12.4 Å². The molecule has 0 aliphatic rings. The van der Waals surface area contributed by atoms with E-state index >= 15 is 0 Å². The minimum Gasteiger partial charge on any atom is -0.495 e. The minimum atomic E-state index is -0.224. The fourth-order valence-corrected chi connectivity index (χ4v) is 1.52. The molecule has 1 rings (SSSR count). The van der Waals surface area contributed by atoms with Crippen LogP contribution in [0.15, 0.2) is 23.3 Å². The zero-order valence-electron chi connectivity index (χ0n) is 11.2. The van der Waals surface area contributed by atoms with E-state index in [9.17, 15) is 9.59 Å². The smallest absolute Gasteiger partial charge is 0.230 e. The van der Waals surface area contributed by atoms with Crippen LogP contribution in [0.25, 0.3) is 0 Å². The fourth-order valence-electron chi connectivity index (χ4n) is 1.52. The second-order valence-electron chi connectivity index (χ2n) is 4.02. The van der Waals surface area contributed by atoms with Gasteiger partial charge in [0.15, 0.2) is 0 Å². The highest BCUT2D eigenvalue weighted by Crippen LogP contribution is 2.25. The van der Waals surface area contributed by atoms with Crippen LogP contribution < -0.4 is 15.5 Å². The number of aryl methyl sites for hydroxylation is 1. The Morgan fingerprint density at radius 3 is 2.84 bits per heavy atom. The van der Waals surface area contributed by atoms with E-state index in [1.807, 2.05) is 19.1 Å². The largest absolute Gasteiger partial charge is 0.495 e. The maximum atomic E-state index is 11.8. The van der Waals surface area contributed by atoms with Crippen molar-refractivity contribution in [1.82, 2.24) is 5.43 Å². The van der Waals surface area contributed by atoms with Gasteiger partial charge < -0.3 is 10.1 Å². The number of ether oxygens (including phenoxy) is 1. The zero-order valence-corrected chi connectivity index (χ0v) is 11.2. The highest BCUT2D eigenvalue weighted by atomic mass is 16.5. The Labute approximate surface area is 111 Å². The van der Waals surface area contributed by atoms with Crippen LogP contribution in [0.3, 0.4) is 0 Å². The van der Waals surface area contributed by atoms with E-state index in [1.165, 1.54) is 0 Å². The molecule has 0 spiro atoms. The van der Waals surface area contributed by atoms with Gasteiger partial charge in [-0.1, -0.05) is 6.07 Å². The van der Waals surface area contributed by atoms with Crippen molar-refractivity contribution in [3.8, 4) is 5.75 Å².